The average Bonchev–Trinajstić information content (AvgIpc) is 2.23. The summed E-state index contributed by atoms with van der Waals surface area (Å²) in [6.45, 7) is 11.0. The molecule has 18 heavy (non-hydrogen) atoms. The minimum atomic E-state index is -0.690. The maximum absolute atomic E-state index is 10.8. The van der Waals surface area contributed by atoms with Gasteiger partial charge in [0.2, 0.25) is 0 Å². The van der Waals surface area contributed by atoms with Crippen molar-refractivity contribution in [3.8, 4) is 0 Å². The van der Waals surface area contributed by atoms with Gasteiger partial charge in [-0.05, 0) is 40.7 Å². The van der Waals surface area contributed by atoms with Gasteiger partial charge in [-0.25, -0.2) is 0 Å². The monoisotopic (exact) mass is 256 g/mol. The lowest BCUT2D eigenvalue weighted by Gasteiger charge is -2.53. The summed E-state index contributed by atoms with van der Waals surface area (Å²) in [6, 6.07) is 0.859. The van der Waals surface area contributed by atoms with Crippen LogP contribution in [-0.4, -0.2) is 58.6 Å². The molecule has 0 spiro atoms. The van der Waals surface area contributed by atoms with Gasteiger partial charge in [-0.1, -0.05) is 6.92 Å². The highest BCUT2D eigenvalue weighted by Gasteiger charge is 2.40. The molecule has 2 unspecified atom stereocenters. The number of rotatable bonds is 5. The van der Waals surface area contributed by atoms with Crippen LogP contribution in [0.5, 0.6) is 0 Å². The summed E-state index contributed by atoms with van der Waals surface area (Å²) in [5.74, 6) is -0.690. The second-order valence-electron chi connectivity index (χ2n) is 6.26. The van der Waals surface area contributed by atoms with Gasteiger partial charge in [0.25, 0.3) is 0 Å². The molecular weight excluding hydrogens is 228 g/mol. The standard InChI is InChI=1S/C14H28N2O2/c1-6-11(2)16-12(7-8-13(17)18)9-15(5)10-14(16,3)4/h11-12H,6-10H2,1-5H3,(H,17,18). The predicted molar refractivity (Wildman–Crippen MR) is 73.8 cm³/mol. The first kappa shape index (κ1) is 15.4. The molecule has 1 aliphatic heterocycles. The SMILES string of the molecule is CCC(C)N1C(CCC(=O)O)CN(C)CC1(C)C. The van der Waals surface area contributed by atoms with Crippen LogP contribution in [0.3, 0.4) is 0 Å². The molecule has 0 bridgehead atoms. The van der Waals surface area contributed by atoms with Crippen molar-refractivity contribution in [3.63, 3.8) is 0 Å². The maximum atomic E-state index is 10.8. The smallest absolute Gasteiger partial charge is 0.303 e. The molecular formula is C14H28N2O2. The van der Waals surface area contributed by atoms with E-state index < -0.39 is 5.97 Å². The number of likely N-dealkylation sites (N-methyl/N-ethyl adjacent to an activating group) is 1. The first-order valence-electron chi connectivity index (χ1n) is 6.96. The van der Waals surface area contributed by atoms with E-state index in [1.165, 1.54) is 0 Å². The summed E-state index contributed by atoms with van der Waals surface area (Å²) in [7, 11) is 2.13. The third-order valence-corrected chi connectivity index (χ3v) is 4.03. The molecule has 4 nitrogen and oxygen atoms in total. The number of hydrogen-bond donors (Lipinski definition) is 1. The Balaban J connectivity index is 2.83. The van der Waals surface area contributed by atoms with Crippen LogP contribution in [0.25, 0.3) is 0 Å². The molecule has 0 aromatic carbocycles. The van der Waals surface area contributed by atoms with E-state index in [9.17, 15) is 4.79 Å². The fraction of sp³-hybridized carbons (Fsp3) is 0.929. The number of nitrogens with zero attached hydrogens (tertiary/aromatic N) is 2. The van der Waals surface area contributed by atoms with Gasteiger partial charge >= 0.3 is 5.97 Å². The van der Waals surface area contributed by atoms with Crippen LogP contribution >= 0.6 is 0 Å². The molecule has 0 radical (unpaired) electrons. The van der Waals surface area contributed by atoms with Gasteiger partial charge in [0.15, 0.2) is 0 Å². The van der Waals surface area contributed by atoms with Gasteiger partial charge in [-0.2, -0.15) is 0 Å². The van der Waals surface area contributed by atoms with E-state index >= 15 is 0 Å². The minimum absolute atomic E-state index is 0.117. The van der Waals surface area contributed by atoms with Crippen LogP contribution < -0.4 is 0 Å². The largest absolute Gasteiger partial charge is 0.481 e. The second-order valence-corrected chi connectivity index (χ2v) is 6.26. The highest BCUT2D eigenvalue weighted by atomic mass is 16.4. The zero-order chi connectivity index (χ0) is 13.9. The van der Waals surface area contributed by atoms with Crippen molar-refractivity contribution in [2.75, 3.05) is 20.1 Å². The Hall–Kier alpha value is -0.610. The fourth-order valence-electron chi connectivity index (χ4n) is 3.42. The highest BCUT2D eigenvalue weighted by Crippen LogP contribution is 2.30. The molecule has 0 amide bonds. The molecule has 0 aromatic heterocycles. The van der Waals surface area contributed by atoms with Gasteiger partial charge < -0.3 is 10.0 Å². The Morgan fingerprint density at radius 2 is 2.11 bits per heavy atom. The van der Waals surface area contributed by atoms with E-state index in [2.05, 4.69) is 44.5 Å². The van der Waals surface area contributed by atoms with E-state index in [4.69, 9.17) is 5.11 Å². The van der Waals surface area contributed by atoms with Gasteiger partial charge in [0.05, 0.1) is 0 Å². The number of carboxylic acid groups (broad SMARTS) is 1. The molecule has 1 N–H and O–H groups in total. The Kier molecular flexibility index (Phi) is 5.17. The van der Waals surface area contributed by atoms with Crippen LogP contribution in [0.1, 0.15) is 47.0 Å². The van der Waals surface area contributed by atoms with Gasteiger partial charge in [-0.15, -0.1) is 0 Å². The molecule has 1 fully saturated rings. The Labute approximate surface area is 111 Å². The third kappa shape index (κ3) is 3.69. The first-order valence-corrected chi connectivity index (χ1v) is 6.96. The van der Waals surface area contributed by atoms with Crippen molar-refractivity contribution in [1.29, 1.82) is 0 Å². The summed E-state index contributed by atoms with van der Waals surface area (Å²) < 4.78 is 0. The summed E-state index contributed by atoms with van der Waals surface area (Å²) in [6.07, 6.45) is 2.12. The summed E-state index contributed by atoms with van der Waals surface area (Å²) in [5.41, 5.74) is 0.117. The molecule has 1 aliphatic rings. The summed E-state index contributed by atoms with van der Waals surface area (Å²) in [5, 5.41) is 8.89. The van der Waals surface area contributed by atoms with E-state index in [1.54, 1.807) is 0 Å². The second kappa shape index (κ2) is 6.02. The Bertz CT molecular complexity index is 292. The van der Waals surface area contributed by atoms with Crippen LogP contribution in [0.15, 0.2) is 0 Å². The molecule has 106 valence electrons. The van der Waals surface area contributed by atoms with E-state index in [0.29, 0.717) is 12.1 Å². The third-order valence-electron chi connectivity index (χ3n) is 4.03. The van der Waals surface area contributed by atoms with Crippen LogP contribution in [0.2, 0.25) is 0 Å². The average molecular weight is 256 g/mol. The van der Waals surface area contributed by atoms with Crippen molar-refractivity contribution >= 4 is 5.97 Å². The molecule has 0 aromatic rings. The topological polar surface area (TPSA) is 43.8 Å². The van der Waals surface area contributed by atoms with E-state index in [0.717, 1.165) is 25.9 Å². The van der Waals surface area contributed by atoms with Crippen LogP contribution in [0, 0.1) is 0 Å². The van der Waals surface area contributed by atoms with Gasteiger partial charge in [0.1, 0.15) is 0 Å². The number of hydrogen-bond acceptors (Lipinski definition) is 3. The summed E-state index contributed by atoms with van der Waals surface area (Å²) in [4.78, 5) is 15.7. The quantitative estimate of drug-likeness (QED) is 0.817. The van der Waals surface area contributed by atoms with Crippen molar-refractivity contribution in [3.05, 3.63) is 0 Å². The zero-order valence-corrected chi connectivity index (χ0v) is 12.4. The lowest BCUT2D eigenvalue weighted by molar-refractivity contribution is -0.138. The van der Waals surface area contributed by atoms with Crippen molar-refractivity contribution in [1.82, 2.24) is 9.80 Å². The molecule has 0 aliphatic carbocycles. The van der Waals surface area contributed by atoms with Gasteiger partial charge in [0, 0.05) is 37.1 Å². The van der Waals surface area contributed by atoms with Crippen LogP contribution in [-0.2, 0) is 4.79 Å². The fourth-order valence-corrected chi connectivity index (χ4v) is 3.42. The Morgan fingerprint density at radius 3 is 2.61 bits per heavy atom. The predicted octanol–water partition coefficient (Wildman–Crippen LogP) is 2.04. The first-order chi connectivity index (χ1) is 8.27. The molecule has 1 saturated heterocycles. The number of carbonyl (C=O) groups is 1. The number of aliphatic carboxylic acids is 1. The minimum Gasteiger partial charge on any atom is -0.481 e. The highest BCUT2D eigenvalue weighted by molar-refractivity contribution is 5.66. The molecule has 1 heterocycles. The summed E-state index contributed by atoms with van der Waals surface area (Å²) >= 11 is 0. The van der Waals surface area contributed by atoms with Crippen molar-refractivity contribution in [2.45, 2.75) is 64.6 Å². The van der Waals surface area contributed by atoms with Gasteiger partial charge in [-0.3, -0.25) is 9.69 Å². The van der Waals surface area contributed by atoms with E-state index in [-0.39, 0.29) is 12.0 Å². The lowest BCUT2D eigenvalue weighted by atomic mass is 9.90. The number of carboxylic acids is 1. The zero-order valence-electron chi connectivity index (χ0n) is 12.4. The van der Waals surface area contributed by atoms with Crippen molar-refractivity contribution in [2.24, 2.45) is 0 Å². The van der Waals surface area contributed by atoms with Crippen molar-refractivity contribution < 1.29 is 9.90 Å². The molecule has 0 saturated carbocycles. The normalized spacial score (nSPS) is 27.1. The maximum Gasteiger partial charge on any atom is 0.303 e. The van der Waals surface area contributed by atoms with E-state index in [1.807, 2.05) is 0 Å². The molecule has 1 rings (SSSR count). The van der Waals surface area contributed by atoms with Crippen LogP contribution in [0.4, 0.5) is 0 Å². The molecule has 4 heteroatoms. The number of piperazine rings is 1. The lowest BCUT2D eigenvalue weighted by Crippen LogP contribution is -2.65. The Morgan fingerprint density at radius 1 is 1.50 bits per heavy atom. The molecule has 2 atom stereocenters.